The topological polar surface area (TPSA) is 58.1 Å². The number of nitrogens with zero attached hydrogens (tertiary/aromatic N) is 2. The van der Waals surface area contributed by atoms with E-state index in [-0.39, 0.29) is 24.0 Å². The Morgan fingerprint density at radius 3 is 2.54 bits per heavy atom. The fourth-order valence-electron chi connectivity index (χ4n) is 3.42. The van der Waals surface area contributed by atoms with Crippen LogP contribution in [0.5, 0.6) is 0 Å². The van der Waals surface area contributed by atoms with E-state index in [1.54, 1.807) is 0 Å². The molecule has 6 nitrogen and oxygen atoms in total. The Labute approximate surface area is 176 Å². The number of halogens is 1. The lowest BCUT2D eigenvalue weighted by molar-refractivity contribution is 0.0420. The van der Waals surface area contributed by atoms with Crippen LogP contribution in [0.3, 0.4) is 0 Å². The highest BCUT2D eigenvalue weighted by Gasteiger charge is 2.15. The fraction of sp³-hybridized carbons (Fsp3) is 0.947. The summed E-state index contributed by atoms with van der Waals surface area (Å²) in [5.41, 5.74) is 0. The summed E-state index contributed by atoms with van der Waals surface area (Å²) in [6.07, 6.45) is 10.4. The number of unbranched alkanes of at least 4 members (excludes halogenated alkanes) is 2. The molecule has 0 spiro atoms. The van der Waals surface area contributed by atoms with Gasteiger partial charge in [0, 0.05) is 33.4 Å². The molecule has 1 atom stereocenters. The van der Waals surface area contributed by atoms with Crippen molar-refractivity contribution in [1.82, 2.24) is 15.5 Å². The summed E-state index contributed by atoms with van der Waals surface area (Å²) in [7, 11) is 1.83. The van der Waals surface area contributed by atoms with E-state index in [0.29, 0.717) is 6.10 Å². The Balaban J connectivity index is 0.00000338. The van der Waals surface area contributed by atoms with Gasteiger partial charge >= 0.3 is 0 Å². The van der Waals surface area contributed by atoms with Crippen molar-refractivity contribution in [3.63, 3.8) is 0 Å². The minimum atomic E-state index is 0. The summed E-state index contributed by atoms with van der Waals surface area (Å²) in [6, 6.07) is 0. The molecule has 2 rings (SSSR count). The van der Waals surface area contributed by atoms with Crippen molar-refractivity contribution < 1.29 is 9.47 Å². The van der Waals surface area contributed by atoms with Gasteiger partial charge in [-0.3, -0.25) is 4.99 Å². The lowest BCUT2D eigenvalue weighted by Gasteiger charge is -2.26. The van der Waals surface area contributed by atoms with Crippen LogP contribution in [0.4, 0.5) is 0 Å². The lowest BCUT2D eigenvalue weighted by atomic mass is 10.1. The molecule has 7 heteroatoms. The average molecular weight is 482 g/mol. The van der Waals surface area contributed by atoms with Crippen LogP contribution in [0, 0.1) is 0 Å². The molecule has 1 unspecified atom stereocenters. The first kappa shape index (κ1) is 23.9. The molecular formula is C19H39IN4O2. The summed E-state index contributed by atoms with van der Waals surface area (Å²) < 4.78 is 11.1. The van der Waals surface area contributed by atoms with Crippen molar-refractivity contribution >= 4 is 29.9 Å². The predicted octanol–water partition coefficient (Wildman–Crippen LogP) is 2.62. The van der Waals surface area contributed by atoms with Crippen LogP contribution in [0.1, 0.15) is 51.4 Å². The molecule has 2 aliphatic heterocycles. The van der Waals surface area contributed by atoms with E-state index in [0.717, 1.165) is 51.7 Å². The van der Waals surface area contributed by atoms with Gasteiger partial charge in [-0.1, -0.05) is 12.8 Å². The summed E-state index contributed by atoms with van der Waals surface area (Å²) in [5.74, 6) is 0.903. The van der Waals surface area contributed by atoms with Gasteiger partial charge in [0.2, 0.25) is 0 Å². The Hall–Kier alpha value is -0.120. The van der Waals surface area contributed by atoms with E-state index in [4.69, 9.17) is 9.47 Å². The van der Waals surface area contributed by atoms with Gasteiger partial charge in [0.1, 0.15) is 0 Å². The van der Waals surface area contributed by atoms with E-state index in [2.05, 4.69) is 20.5 Å². The molecule has 0 aromatic heterocycles. The third-order valence-electron chi connectivity index (χ3n) is 4.97. The molecule has 2 N–H and O–H groups in total. The SMILES string of the molecule is CN=C(NCCCCCN1CCCCC1)NCCCOC1CCOC1.I. The summed E-state index contributed by atoms with van der Waals surface area (Å²) in [6.45, 7) is 8.18. The first-order valence-corrected chi connectivity index (χ1v) is 10.2. The van der Waals surface area contributed by atoms with Gasteiger partial charge in [-0.2, -0.15) is 0 Å². The minimum Gasteiger partial charge on any atom is -0.379 e. The Bertz CT molecular complexity index is 359. The first-order valence-electron chi connectivity index (χ1n) is 10.2. The van der Waals surface area contributed by atoms with Crippen LogP contribution < -0.4 is 10.6 Å². The van der Waals surface area contributed by atoms with Crippen molar-refractivity contribution in [1.29, 1.82) is 0 Å². The fourth-order valence-corrected chi connectivity index (χ4v) is 3.42. The maximum absolute atomic E-state index is 5.76. The van der Waals surface area contributed by atoms with Gasteiger partial charge in [0.05, 0.1) is 12.7 Å². The number of hydrogen-bond acceptors (Lipinski definition) is 4. The summed E-state index contributed by atoms with van der Waals surface area (Å²) in [5, 5.41) is 6.76. The van der Waals surface area contributed by atoms with Crippen LogP contribution >= 0.6 is 24.0 Å². The number of nitrogens with one attached hydrogen (secondary N) is 2. The van der Waals surface area contributed by atoms with Gasteiger partial charge in [-0.05, 0) is 58.2 Å². The second-order valence-electron chi connectivity index (χ2n) is 7.10. The van der Waals surface area contributed by atoms with Crippen LogP contribution in [0.25, 0.3) is 0 Å². The van der Waals surface area contributed by atoms with Gasteiger partial charge in [-0.15, -0.1) is 24.0 Å². The highest BCUT2D eigenvalue weighted by atomic mass is 127. The number of piperidine rings is 1. The highest BCUT2D eigenvalue weighted by molar-refractivity contribution is 14.0. The molecule has 26 heavy (non-hydrogen) atoms. The monoisotopic (exact) mass is 482 g/mol. The van der Waals surface area contributed by atoms with Crippen LogP contribution in [-0.4, -0.2) is 76.6 Å². The molecule has 0 radical (unpaired) electrons. The molecule has 2 saturated heterocycles. The van der Waals surface area contributed by atoms with E-state index in [1.165, 1.54) is 58.2 Å². The molecule has 2 fully saturated rings. The molecule has 2 aliphatic rings. The summed E-state index contributed by atoms with van der Waals surface area (Å²) >= 11 is 0. The van der Waals surface area contributed by atoms with E-state index in [1.807, 2.05) is 7.05 Å². The minimum absolute atomic E-state index is 0. The Kier molecular flexibility index (Phi) is 14.6. The maximum atomic E-state index is 5.76. The van der Waals surface area contributed by atoms with Gasteiger partial charge < -0.3 is 25.0 Å². The molecule has 0 aliphatic carbocycles. The average Bonchev–Trinajstić information content (AvgIpc) is 3.17. The number of aliphatic imine (C=N–C) groups is 1. The summed E-state index contributed by atoms with van der Waals surface area (Å²) in [4.78, 5) is 6.90. The third kappa shape index (κ3) is 10.9. The molecular weight excluding hydrogens is 443 g/mol. The van der Waals surface area contributed by atoms with Crippen molar-refractivity contribution in [2.75, 3.05) is 59.6 Å². The standard InChI is InChI=1S/C19H38N4O2.HI/c1-20-19(22-11-8-15-25-18-9-16-24-17-18)21-10-4-2-5-12-23-13-6-3-7-14-23;/h18H,2-17H2,1H3,(H2,20,21,22);1H. The maximum Gasteiger partial charge on any atom is 0.190 e. The number of guanidine groups is 1. The molecule has 0 saturated carbocycles. The quantitative estimate of drug-likeness (QED) is 0.205. The molecule has 0 bridgehead atoms. The van der Waals surface area contributed by atoms with Crippen molar-refractivity contribution in [3.8, 4) is 0 Å². The zero-order chi connectivity index (χ0) is 17.6. The van der Waals surface area contributed by atoms with Gasteiger partial charge in [0.25, 0.3) is 0 Å². The number of ether oxygens (including phenoxy) is 2. The molecule has 154 valence electrons. The molecule has 0 aromatic rings. The smallest absolute Gasteiger partial charge is 0.190 e. The molecule has 2 heterocycles. The zero-order valence-electron chi connectivity index (χ0n) is 16.5. The van der Waals surface area contributed by atoms with Gasteiger partial charge in [-0.25, -0.2) is 0 Å². The van der Waals surface area contributed by atoms with Crippen LogP contribution in [0.2, 0.25) is 0 Å². The zero-order valence-corrected chi connectivity index (χ0v) is 18.8. The molecule has 0 amide bonds. The highest BCUT2D eigenvalue weighted by Crippen LogP contribution is 2.10. The normalized spacial score (nSPS) is 21.4. The molecule has 0 aromatic carbocycles. The van der Waals surface area contributed by atoms with Crippen molar-refractivity contribution in [3.05, 3.63) is 0 Å². The largest absolute Gasteiger partial charge is 0.379 e. The van der Waals surface area contributed by atoms with E-state index < -0.39 is 0 Å². The van der Waals surface area contributed by atoms with E-state index >= 15 is 0 Å². The second-order valence-corrected chi connectivity index (χ2v) is 7.10. The number of rotatable bonds is 11. The first-order chi connectivity index (χ1) is 12.4. The van der Waals surface area contributed by atoms with E-state index in [9.17, 15) is 0 Å². The third-order valence-corrected chi connectivity index (χ3v) is 4.97. The number of hydrogen-bond donors (Lipinski definition) is 2. The van der Waals surface area contributed by atoms with Crippen LogP contribution in [0.15, 0.2) is 4.99 Å². The Morgan fingerprint density at radius 1 is 1.08 bits per heavy atom. The predicted molar refractivity (Wildman–Crippen MR) is 119 cm³/mol. The van der Waals surface area contributed by atoms with Crippen molar-refractivity contribution in [2.24, 2.45) is 4.99 Å². The van der Waals surface area contributed by atoms with Gasteiger partial charge in [0.15, 0.2) is 5.96 Å². The number of likely N-dealkylation sites (tertiary alicyclic amines) is 1. The Morgan fingerprint density at radius 2 is 1.85 bits per heavy atom. The lowest BCUT2D eigenvalue weighted by Crippen LogP contribution is -2.38. The van der Waals surface area contributed by atoms with Crippen LogP contribution in [-0.2, 0) is 9.47 Å². The second kappa shape index (κ2) is 15.9. The van der Waals surface area contributed by atoms with Crippen molar-refractivity contribution in [2.45, 2.75) is 57.5 Å².